The van der Waals surface area contributed by atoms with Crippen LogP contribution in [-0.2, 0) is 9.59 Å². The summed E-state index contributed by atoms with van der Waals surface area (Å²) in [6.07, 6.45) is 3.90. The summed E-state index contributed by atoms with van der Waals surface area (Å²) in [4.78, 5) is 23.6. The molecule has 5 heteroatoms. The Bertz CT molecular complexity index is 1590. The molecule has 0 amide bonds. The van der Waals surface area contributed by atoms with E-state index in [0.717, 1.165) is 39.1 Å². The Balaban J connectivity index is 1.56. The van der Waals surface area contributed by atoms with E-state index >= 15 is 0 Å². The van der Waals surface area contributed by atoms with Gasteiger partial charge in [0.2, 0.25) is 0 Å². The first-order valence-electron chi connectivity index (χ1n) is 13.2. The van der Waals surface area contributed by atoms with Crippen LogP contribution in [0.1, 0.15) is 20.8 Å². The van der Waals surface area contributed by atoms with Crippen LogP contribution in [0, 0.1) is 0 Å². The molecule has 4 aromatic carbocycles. The second-order valence-electron chi connectivity index (χ2n) is 9.56. The van der Waals surface area contributed by atoms with E-state index in [4.69, 9.17) is 14.2 Å². The van der Waals surface area contributed by atoms with Crippen LogP contribution < -0.4 is 14.2 Å². The van der Waals surface area contributed by atoms with Crippen LogP contribution in [0.25, 0.3) is 33.4 Å². The van der Waals surface area contributed by atoms with E-state index in [1.165, 1.54) is 0 Å². The van der Waals surface area contributed by atoms with E-state index in [9.17, 15) is 9.59 Å². The fourth-order valence-electron chi connectivity index (χ4n) is 3.96. The molecule has 0 saturated heterocycles. The third-order valence-electron chi connectivity index (χ3n) is 6.24. The number of allylic oxidation sites excluding steroid dienone is 1. The summed E-state index contributed by atoms with van der Waals surface area (Å²) in [5.74, 6) is 0.785. The van der Waals surface area contributed by atoms with Crippen molar-refractivity contribution in [2.75, 3.05) is 6.61 Å². The predicted molar refractivity (Wildman–Crippen MR) is 164 cm³/mol. The van der Waals surface area contributed by atoms with Gasteiger partial charge in [0.25, 0.3) is 0 Å². The van der Waals surface area contributed by atoms with Crippen LogP contribution in [0.4, 0.5) is 0 Å². The molecule has 206 valence electrons. The van der Waals surface area contributed by atoms with Gasteiger partial charge < -0.3 is 14.2 Å². The molecule has 0 heterocycles. The van der Waals surface area contributed by atoms with Gasteiger partial charge in [-0.05, 0) is 78.9 Å². The normalized spacial score (nSPS) is 10.7. The molecule has 0 fully saturated rings. The van der Waals surface area contributed by atoms with Gasteiger partial charge in [-0.3, -0.25) is 0 Å². The van der Waals surface area contributed by atoms with Crippen molar-refractivity contribution in [3.63, 3.8) is 0 Å². The fourth-order valence-corrected chi connectivity index (χ4v) is 3.96. The second-order valence-corrected chi connectivity index (χ2v) is 9.56. The smallest absolute Gasteiger partial charge is 0.338 e. The molecule has 0 aliphatic heterocycles. The molecule has 4 rings (SSSR count). The summed E-state index contributed by atoms with van der Waals surface area (Å²) in [5, 5.41) is 0. The Morgan fingerprint density at radius 2 is 1.05 bits per heavy atom. The zero-order chi connectivity index (χ0) is 29.4. The zero-order valence-corrected chi connectivity index (χ0v) is 23.5. The van der Waals surface area contributed by atoms with Gasteiger partial charge in [0.1, 0.15) is 23.9 Å². The van der Waals surface area contributed by atoms with E-state index in [-0.39, 0.29) is 0 Å². The van der Waals surface area contributed by atoms with Crippen molar-refractivity contribution in [3.8, 4) is 50.6 Å². The molecular weight excluding hydrogens is 512 g/mol. The molecule has 0 N–H and O–H groups in total. The van der Waals surface area contributed by atoms with Gasteiger partial charge in [0.05, 0.1) is 0 Å². The van der Waals surface area contributed by atoms with Gasteiger partial charge in [-0.25, -0.2) is 9.59 Å². The molecule has 0 aromatic heterocycles. The Hall–Kier alpha value is -5.16. The van der Waals surface area contributed by atoms with Gasteiger partial charge >= 0.3 is 11.9 Å². The van der Waals surface area contributed by atoms with Crippen LogP contribution in [0.5, 0.6) is 17.2 Å². The van der Waals surface area contributed by atoms with E-state index in [1.54, 1.807) is 38.1 Å². The summed E-state index contributed by atoms with van der Waals surface area (Å²) in [5.41, 5.74) is 6.68. The highest BCUT2D eigenvalue weighted by Gasteiger charge is 2.12. The van der Waals surface area contributed by atoms with Crippen LogP contribution in [0.2, 0.25) is 0 Å². The number of hydrogen-bond acceptors (Lipinski definition) is 5. The Morgan fingerprint density at radius 1 is 0.634 bits per heavy atom. The average Bonchev–Trinajstić information content (AvgIpc) is 2.98. The molecular formula is C36H32O5. The molecule has 0 radical (unpaired) electrons. The standard InChI is InChI=1S/C36H32O5/c1-6-7-22-39-34-23-30(16-21-33(34)29-14-19-32(20-15-29)41-36(38)25(4)5)28-10-8-26(9-11-28)27-12-17-31(18-13-27)40-35(37)24(2)3/h6-21,23H,2,4,22H2,1,3,5H3/b7-6+. The lowest BCUT2D eigenvalue weighted by atomic mass is 9.97. The van der Waals surface area contributed by atoms with Crippen LogP contribution in [0.3, 0.4) is 0 Å². The molecule has 5 nitrogen and oxygen atoms in total. The molecule has 41 heavy (non-hydrogen) atoms. The minimum atomic E-state index is -0.454. The lowest BCUT2D eigenvalue weighted by Gasteiger charge is -2.14. The SMILES string of the molecule is C=C(C)C(=O)Oc1ccc(-c2ccc(-c3ccc(-c4ccc(OC(=O)C(=C)C)cc4)c(OC/C=C/C)c3)cc2)cc1. The number of ether oxygens (including phenoxy) is 3. The maximum atomic E-state index is 11.8. The highest BCUT2D eigenvalue weighted by Crippen LogP contribution is 2.36. The van der Waals surface area contributed by atoms with Gasteiger partial charge in [-0.2, -0.15) is 0 Å². The van der Waals surface area contributed by atoms with Crippen molar-refractivity contribution < 1.29 is 23.8 Å². The summed E-state index contributed by atoms with van der Waals surface area (Å²) in [7, 11) is 0. The monoisotopic (exact) mass is 544 g/mol. The van der Waals surface area contributed by atoms with Gasteiger partial charge in [-0.1, -0.05) is 86.0 Å². The van der Waals surface area contributed by atoms with Gasteiger partial charge in [0, 0.05) is 16.7 Å². The first-order chi connectivity index (χ1) is 19.7. The summed E-state index contributed by atoms with van der Waals surface area (Å²) < 4.78 is 16.7. The highest BCUT2D eigenvalue weighted by molar-refractivity contribution is 5.89. The minimum absolute atomic E-state index is 0.344. The van der Waals surface area contributed by atoms with Crippen LogP contribution in [0.15, 0.2) is 127 Å². The molecule has 0 bridgehead atoms. The molecule has 0 aliphatic rings. The number of esters is 2. The first-order valence-corrected chi connectivity index (χ1v) is 13.2. The van der Waals surface area contributed by atoms with E-state index in [0.29, 0.717) is 29.3 Å². The Morgan fingerprint density at radius 3 is 1.51 bits per heavy atom. The Labute approximate surface area is 241 Å². The topological polar surface area (TPSA) is 61.8 Å². The van der Waals surface area contributed by atoms with Crippen LogP contribution in [-0.4, -0.2) is 18.5 Å². The van der Waals surface area contributed by atoms with E-state index in [2.05, 4.69) is 43.5 Å². The predicted octanol–water partition coefficient (Wildman–Crippen LogP) is 8.61. The van der Waals surface area contributed by atoms with Crippen molar-refractivity contribution in [1.82, 2.24) is 0 Å². The summed E-state index contributed by atoms with van der Waals surface area (Å²) in [6, 6.07) is 29.1. The third-order valence-corrected chi connectivity index (χ3v) is 6.24. The lowest BCUT2D eigenvalue weighted by Crippen LogP contribution is -2.07. The van der Waals surface area contributed by atoms with Gasteiger partial charge in [-0.15, -0.1) is 0 Å². The summed E-state index contributed by atoms with van der Waals surface area (Å²) in [6.45, 7) is 12.9. The largest absolute Gasteiger partial charge is 0.489 e. The molecule has 4 aromatic rings. The molecule has 0 saturated carbocycles. The molecule has 0 spiro atoms. The number of rotatable bonds is 10. The van der Waals surface area contributed by atoms with Crippen molar-refractivity contribution >= 4 is 11.9 Å². The number of carbonyl (C=O) groups excluding carboxylic acids is 2. The van der Waals surface area contributed by atoms with Crippen molar-refractivity contribution in [2.45, 2.75) is 20.8 Å². The number of hydrogen-bond donors (Lipinski definition) is 0. The van der Waals surface area contributed by atoms with Crippen molar-refractivity contribution in [2.24, 2.45) is 0 Å². The minimum Gasteiger partial charge on any atom is -0.489 e. The number of benzene rings is 4. The van der Waals surface area contributed by atoms with E-state index < -0.39 is 11.9 Å². The van der Waals surface area contributed by atoms with Gasteiger partial charge in [0.15, 0.2) is 0 Å². The van der Waals surface area contributed by atoms with Crippen LogP contribution >= 0.6 is 0 Å². The molecule has 0 atom stereocenters. The quantitative estimate of drug-likeness (QED) is 0.0866. The maximum Gasteiger partial charge on any atom is 0.338 e. The van der Waals surface area contributed by atoms with Crippen molar-refractivity contribution in [3.05, 3.63) is 127 Å². The first kappa shape index (κ1) is 28.8. The summed E-state index contributed by atoms with van der Waals surface area (Å²) >= 11 is 0. The molecule has 0 aliphatic carbocycles. The molecule has 0 unspecified atom stereocenters. The highest BCUT2D eigenvalue weighted by atomic mass is 16.5. The maximum absolute atomic E-state index is 11.8. The second kappa shape index (κ2) is 13.3. The lowest BCUT2D eigenvalue weighted by molar-refractivity contribution is -0.130. The van der Waals surface area contributed by atoms with E-state index in [1.807, 2.05) is 55.5 Å². The zero-order valence-electron chi connectivity index (χ0n) is 23.5. The Kier molecular flexibility index (Phi) is 9.33. The average molecular weight is 545 g/mol. The fraction of sp³-hybridized carbons (Fsp3) is 0.111. The van der Waals surface area contributed by atoms with Crippen molar-refractivity contribution in [1.29, 1.82) is 0 Å². The third kappa shape index (κ3) is 7.49. The number of carbonyl (C=O) groups is 2.